The molecule has 2 aromatic carbocycles. The van der Waals surface area contributed by atoms with Gasteiger partial charge in [-0.2, -0.15) is 0 Å². The molecule has 1 saturated heterocycles. The summed E-state index contributed by atoms with van der Waals surface area (Å²) in [6, 6.07) is 16.1. The van der Waals surface area contributed by atoms with Crippen LogP contribution in [0.4, 0.5) is 5.69 Å². The van der Waals surface area contributed by atoms with Crippen LogP contribution in [0.2, 0.25) is 0 Å². The monoisotopic (exact) mass is 378 g/mol. The average Bonchev–Trinajstić information content (AvgIpc) is 3.05. The first-order valence-electron chi connectivity index (χ1n) is 8.36. The van der Waals surface area contributed by atoms with E-state index in [0.717, 1.165) is 33.4 Å². The van der Waals surface area contributed by atoms with Gasteiger partial charge in [-0.1, -0.05) is 59.9 Å². The highest BCUT2D eigenvalue weighted by atomic mass is 32.2. The second-order valence-electron chi connectivity index (χ2n) is 6.43. The number of anilines is 1. The van der Waals surface area contributed by atoms with Crippen molar-refractivity contribution in [3.8, 4) is 0 Å². The summed E-state index contributed by atoms with van der Waals surface area (Å²) in [4.78, 5) is 15.3. The lowest BCUT2D eigenvalue weighted by Gasteiger charge is -2.14. The van der Waals surface area contributed by atoms with E-state index in [1.54, 1.807) is 4.90 Å². The van der Waals surface area contributed by atoms with Crippen LogP contribution in [0.1, 0.15) is 16.8 Å². The van der Waals surface area contributed by atoms with E-state index in [0.29, 0.717) is 9.23 Å². The van der Waals surface area contributed by atoms with Crippen LogP contribution in [-0.4, -0.2) is 14.8 Å². The third-order valence-corrected chi connectivity index (χ3v) is 6.11. The number of aromatic nitrogens is 1. The standard InChI is InChI=1S/C21H18N2OS2/c1-13-8-10-15(11-9-13)23-20(24)19(26-21(23)25)12-17-14(2)22(3)18-7-5-4-6-16(17)18/h4-12H,1-3H3/b19-12+. The van der Waals surface area contributed by atoms with Gasteiger partial charge in [0.2, 0.25) is 0 Å². The lowest BCUT2D eigenvalue weighted by Crippen LogP contribution is -2.27. The topological polar surface area (TPSA) is 25.2 Å². The summed E-state index contributed by atoms with van der Waals surface area (Å²) in [5.74, 6) is -0.0591. The Morgan fingerprint density at radius 3 is 2.46 bits per heavy atom. The van der Waals surface area contributed by atoms with Gasteiger partial charge in [-0.05, 0) is 38.1 Å². The number of thioether (sulfide) groups is 1. The van der Waals surface area contributed by atoms with Crippen LogP contribution in [0.5, 0.6) is 0 Å². The lowest BCUT2D eigenvalue weighted by atomic mass is 10.1. The molecule has 0 aliphatic carbocycles. The Balaban J connectivity index is 1.78. The fourth-order valence-electron chi connectivity index (χ4n) is 3.25. The largest absolute Gasteiger partial charge is 0.347 e. The second-order valence-corrected chi connectivity index (χ2v) is 8.10. The van der Waals surface area contributed by atoms with Crippen molar-refractivity contribution in [2.75, 3.05) is 4.90 Å². The molecule has 0 radical (unpaired) electrons. The van der Waals surface area contributed by atoms with E-state index in [1.165, 1.54) is 11.8 Å². The minimum Gasteiger partial charge on any atom is -0.347 e. The van der Waals surface area contributed by atoms with Crippen molar-refractivity contribution < 1.29 is 4.79 Å². The van der Waals surface area contributed by atoms with Gasteiger partial charge in [0, 0.05) is 29.2 Å². The predicted molar refractivity (Wildman–Crippen MR) is 114 cm³/mol. The number of nitrogens with zero attached hydrogens (tertiary/aromatic N) is 2. The molecule has 0 saturated carbocycles. The van der Waals surface area contributed by atoms with Gasteiger partial charge in [0.1, 0.15) is 0 Å². The molecule has 26 heavy (non-hydrogen) atoms. The molecule has 3 nitrogen and oxygen atoms in total. The third kappa shape index (κ3) is 2.68. The molecule has 3 aromatic rings. The summed E-state index contributed by atoms with van der Waals surface area (Å²) >= 11 is 6.84. The van der Waals surface area contributed by atoms with Gasteiger partial charge in [0.05, 0.1) is 10.6 Å². The summed E-state index contributed by atoms with van der Waals surface area (Å²) in [6.07, 6.45) is 1.98. The number of carbonyl (C=O) groups is 1. The number of fused-ring (bicyclic) bond motifs is 1. The van der Waals surface area contributed by atoms with Crippen LogP contribution in [0.15, 0.2) is 53.4 Å². The molecule has 0 N–H and O–H groups in total. The molecule has 5 heteroatoms. The fraction of sp³-hybridized carbons (Fsp3) is 0.143. The summed E-state index contributed by atoms with van der Waals surface area (Å²) in [5.41, 5.74) is 5.34. The molecular formula is C21H18N2OS2. The third-order valence-electron chi connectivity index (χ3n) is 4.81. The zero-order valence-electron chi connectivity index (χ0n) is 14.8. The van der Waals surface area contributed by atoms with E-state index in [9.17, 15) is 4.79 Å². The van der Waals surface area contributed by atoms with Crippen LogP contribution in [0, 0.1) is 13.8 Å². The summed E-state index contributed by atoms with van der Waals surface area (Å²) in [6.45, 7) is 4.10. The molecule has 1 fully saturated rings. The minimum absolute atomic E-state index is 0.0591. The minimum atomic E-state index is -0.0591. The fourth-order valence-corrected chi connectivity index (χ4v) is 4.53. The molecule has 0 unspecified atom stereocenters. The smallest absolute Gasteiger partial charge is 0.270 e. The number of benzene rings is 2. The van der Waals surface area contributed by atoms with Crippen LogP contribution in [-0.2, 0) is 11.8 Å². The molecule has 0 bridgehead atoms. The first kappa shape index (κ1) is 17.1. The summed E-state index contributed by atoms with van der Waals surface area (Å²) < 4.78 is 2.73. The van der Waals surface area contributed by atoms with Gasteiger partial charge in [0.15, 0.2) is 4.32 Å². The SMILES string of the molecule is Cc1ccc(N2C(=O)/C(=C\c3c(C)n(C)c4ccccc34)SC2=S)cc1. The number of amides is 1. The molecule has 0 atom stereocenters. The lowest BCUT2D eigenvalue weighted by molar-refractivity contribution is -0.113. The van der Waals surface area contributed by atoms with Gasteiger partial charge in [0.25, 0.3) is 5.91 Å². The van der Waals surface area contributed by atoms with Gasteiger partial charge in [-0.15, -0.1) is 0 Å². The van der Waals surface area contributed by atoms with Crippen molar-refractivity contribution in [1.82, 2.24) is 4.57 Å². The van der Waals surface area contributed by atoms with Gasteiger partial charge >= 0.3 is 0 Å². The van der Waals surface area contributed by atoms with Crippen molar-refractivity contribution in [1.29, 1.82) is 0 Å². The molecular weight excluding hydrogens is 360 g/mol. The summed E-state index contributed by atoms with van der Waals surface area (Å²) in [5, 5.41) is 1.15. The Morgan fingerprint density at radius 1 is 1.04 bits per heavy atom. The number of hydrogen-bond acceptors (Lipinski definition) is 3. The molecule has 1 aliphatic rings. The maximum Gasteiger partial charge on any atom is 0.270 e. The molecule has 1 amide bonds. The number of para-hydroxylation sites is 1. The number of thiocarbonyl (C=S) groups is 1. The number of carbonyl (C=O) groups excluding carboxylic acids is 1. The van der Waals surface area contributed by atoms with E-state index < -0.39 is 0 Å². The highest BCUT2D eigenvalue weighted by molar-refractivity contribution is 8.27. The van der Waals surface area contributed by atoms with Crippen molar-refractivity contribution in [3.05, 3.63) is 70.3 Å². The van der Waals surface area contributed by atoms with E-state index in [1.807, 2.05) is 56.4 Å². The summed E-state index contributed by atoms with van der Waals surface area (Å²) in [7, 11) is 2.05. The maximum atomic E-state index is 13.0. The van der Waals surface area contributed by atoms with Crippen LogP contribution < -0.4 is 4.90 Å². The van der Waals surface area contributed by atoms with Gasteiger partial charge in [-0.25, -0.2) is 0 Å². The Kier molecular flexibility index (Phi) is 4.21. The van der Waals surface area contributed by atoms with E-state index in [2.05, 4.69) is 23.6 Å². The average molecular weight is 379 g/mol. The van der Waals surface area contributed by atoms with Crippen LogP contribution in [0.25, 0.3) is 17.0 Å². The van der Waals surface area contributed by atoms with Crippen LogP contribution >= 0.6 is 24.0 Å². The van der Waals surface area contributed by atoms with Crippen molar-refractivity contribution in [2.45, 2.75) is 13.8 Å². The Labute approximate surface area is 162 Å². The molecule has 0 spiro atoms. The Hall–Kier alpha value is -2.37. The predicted octanol–water partition coefficient (Wildman–Crippen LogP) is 5.20. The van der Waals surface area contributed by atoms with E-state index in [4.69, 9.17) is 12.2 Å². The Morgan fingerprint density at radius 2 is 1.73 bits per heavy atom. The normalized spacial score (nSPS) is 16.3. The first-order chi connectivity index (χ1) is 12.5. The molecule has 1 aromatic heterocycles. The molecule has 4 rings (SSSR count). The highest BCUT2D eigenvalue weighted by Gasteiger charge is 2.33. The number of aryl methyl sites for hydroxylation is 2. The zero-order chi connectivity index (χ0) is 18.4. The molecule has 130 valence electrons. The van der Waals surface area contributed by atoms with Crippen molar-refractivity contribution in [3.63, 3.8) is 0 Å². The quantitative estimate of drug-likeness (QED) is 0.453. The van der Waals surface area contributed by atoms with Gasteiger partial charge < -0.3 is 4.57 Å². The van der Waals surface area contributed by atoms with Crippen LogP contribution in [0.3, 0.4) is 0 Å². The van der Waals surface area contributed by atoms with Crippen molar-refractivity contribution >= 4 is 56.9 Å². The molecule has 1 aliphatic heterocycles. The van der Waals surface area contributed by atoms with Crippen molar-refractivity contribution in [2.24, 2.45) is 7.05 Å². The Bertz CT molecular complexity index is 1080. The zero-order valence-corrected chi connectivity index (χ0v) is 16.4. The maximum absolute atomic E-state index is 13.0. The second kappa shape index (κ2) is 6.41. The van der Waals surface area contributed by atoms with E-state index in [-0.39, 0.29) is 5.91 Å². The first-order valence-corrected chi connectivity index (χ1v) is 9.58. The van der Waals surface area contributed by atoms with E-state index >= 15 is 0 Å². The van der Waals surface area contributed by atoms with Gasteiger partial charge in [-0.3, -0.25) is 9.69 Å². The number of rotatable bonds is 2. The highest BCUT2D eigenvalue weighted by Crippen LogP contribution is 2.37. The molecule has 2 heterocycles. The number of hydrogen-bond donors (Lipinski definition) is 0.